The fraction of sp³-hybridized carbons (Fsp3) is 0.529. The highest BCUT2D eigenvalue weighted by Gasteiger charge is 2.40. The SMILES string of the molecule is CC(C)(C)N(NC(=O)O)C1CC(NC(=O)OCc2ccccc2)C1. The molecule has 0 aromatic heterocycles. The Labute approximate surface area is 142 Å². The monoisotopic (exact) mass is 335 g/mol. The van der Waals surface area contributed by atoms with Crippen LogP contribution < -0.4 is 10.7 Å². The number of hydrogen-bond acceptors (Lipinski definition) is 4. The molecule has 2 amide bonds. The fourth-order valence-corrected chi connectivity index (χ4v) is 2.76. The van der Waals surface area contributed by atoms with Crippen LogP contribution in [0.25, 0.3) is 0 Å². The van der Waals surface area contributed by atoms with Gasteiger partial charge < -0.3 is 15.2 Å². The third kappa shape index (κ3) is 5.13. The first-order valence-corrected chi connectivity index (χ1v) is 8.02. The molecule has 0 aliphatic heterocycles. The summed E-state index contributed by atoms with van der Waals surface area (Å²) in [6.45, 7) is 6.06. The van der Waals surface area contributed by atoms with E-state index in [1.807, 2.05) is 51.1 Å². The van der Waals surface area contributed by atoms with Crippen molar-refractivity contribution in [1.82, 2.24) is 15.8 Å². The van der Waals surface area contributed by atoms with Crippen LogP contribution in [0, 0.1) is 0 Å². The van der Waals surface area contributed by atoms with Crippen LogP contribution in [0.15, 0.2) is 30.3 Å². The van der Waals surface area contributed by atoms with E-state index in [4.69, 9.17) is 9.84 Å². The number of nitrogens with one attached hydrogen (secondary N) is 2. The van der Waals surface area contributed by atoms with Crippen molar-refractivity contribution in [3.05, 3.63) is 35.9 Å². The highest BCUT2D eigenvalue weighted by Crippen LogP contribution is 2.29. The summed E-state index contributed by atoms with van der Waals surface area (Å²) in [7, 11) is 0. The van der Waals surface area contributed by atoms with Crippen molar-refractivity contribution in [1.29, 1.82) is 0 Å². The van der Waals surface area contributed by atoms with Crippen molar-refractivity contribution < 1.29 is 19.4 Å². The number of benzene rings is 1. The molecule has 3 N–H and O–H groups in total. The molecule has 1 fully saturated rings. The second-order valence-corrected chi connectivity index (χ2v) is 6.99. The molecular formula is C17H25N3O4. The second-order valence-electron chi connectivity index (χ2n) is 6.99. The molecule has 1 aromatic carbocycles. The minimum atomic E-state index is -1.08. The average molecular weight is 335 g/mol. The maximum absolute atomic E-state index is 11.8. The lowest BCUT2D eigenvalue weighted by molar-refractivity contribution is -0.0180. The Morgan fingerprint density at radius 3 is 2.42 bits per heavy atom. The summed E-state index contributed by atoms with van der Waals surface area (Å²) in [5.74, 6) is 0. The van der Waals surface area contributed by atoms with Crippen LogP contribution in [-0.4, -0.2) is 39.9 Å². The lowest BCUT2D eigenvalue weighted by Gasteiger charge is -2.47. The predicted octanol–water partition coefficient (Wildman–Crippen LogP) is 2.73. The highest BCUT2D eigenvalue weighted by atomic mass is 16.5. The van der Waals surface area contributed by atoms with Crippen molar-refractivity contribution in [2.75, 3.05) is 0 Å². The van der Waals surface area contributed by atoms with Gasteiger partial charge in [-0.15, -0.1) is 0 Å². The van der Waals surface area contributed by atoms with Gasteiger partial charge in [-0.05, 0) is 39.2 Å². The molecule has 7 heteroatoms. The average Bonchev–Trinajstić information content (AvgIpc) is 2.46. The van der Waals surface area contributed by atoms with E-state index in [9.17, 15) is 9.59 Å². The standard InChI is InChI=1S/C17H25N3O4/c1-17(2,3)20(19-15(21)22)14-9-13(10-14)18-16(23)24-11-12-7-5-4-6-8-12/h4-8,13-14,19H,9-11H2,1-3H3,(H,18,23)(H,21,22). The fourth-order valence-electron chi connectivity index (χ4n) is 2.76. The van der Waals surface area contributed by atoms with Crippen molar-refractivity contribution in [2.45, 2.75) is 57.8 Å². The first kappa shape index (κ1) is 18.1. The number of alkyl carbamates (subject to hydrolysis) is 1. The molecule has 0 saturated heterocycles. The van der Waals surface area contributed by atoms with Crippen LogP contribution in [0.3, 0.4) is 0 Å². The molecule has 1 aromatic rings. The van der Waals surface area contributed by atoms with Gasteiger partial charge >= 0.3 is 12.2 Å². The number of carbonyl (C=O) groups excluding carboxylic acids is 1. The van der Waals surface area contributed by atoms with Crippen LogP contribution in [0.2, 0.25) is 0 Å². The topological polar surface area (TPSA) is 90.9 Å². The maximum Gasteiger partial charge on any atom is 0.419 e. The number of hydrazine groups is 1. The quantitative estimate of drug-likeness (QED) is 0.720. The van der Waals surface area contributed by atoms with Gasteiger partial charge in [-0.1, -0.05) is 30.3 Å². The van der Waals surface area contributed by atoms with Crippen LogP contribution in [0.5, 0.6) is 0 Å². The number of rotatable bonds is 5. The van der Waals surface area contributed by atoms with Gasteiger partial charge in [0, 0.05) is 17.6 Å². The third-order valence-electron chi connectivity index (χ3n) is 3.95. The van der Waals surface area contributed by atoms with Crippen molar-refractivity contribution in [2.24, 2.45) is 0 Å². The maximum atomic E-state index is 11.8. The first-order chi connectivity index (χ1) is 11.3. The van der Waals surface area contributed by atoms with Gasteiger partial charge in [-0.3, -0.25) is 5.43 Å². The van der Waals surface area contributed by atoms with E-state index >= 15 is 0 Å². The zero-order valence-electron chi connectivity index (χ0n) is 14.3. The van der Waals surface area contributed by atoms with Crippen LogP contribution in [0.1, 0.15) is 39.2 Å². The Bertz CT molecular complexity index is 565. The first-order valence-electron chi connectivity index (χ1n) is 8.02. The zero-order chi connectivity index (χ0) is 17.7. The van der Waals surface area contributed by atoms with Gasteiger partial charge in [0.05, 0.1) is 0 Å². The van der Waals surface area contributed by atoms with Gasteiger partial charge in [0.2, 0.25) is 0 Å². The van der Waals surface area contributed by atoms with Crippen molar-refractivity contribution >= 4 is 12.2 Å². The molecule has 7 nitrogen and oxygen atoms in total. The van der Waals surface area contributed by atoms with E-state index in [0.717, 1.165) is 5.56 Å². The predicted molar refractivity (Wildman–Crippen MR) is 89.3 cm³/mol. The van der Waals surface area contributed by atoms with E-state index < -0.39 is 12.2 Å². The van der Waals surface area contributed by atoms with E-state index in [1.54, 1.807) is 5.01 Å². The summed E-state index contributed by atoms with van der Waals surface area (Å²) < 4.78 is 5.19. The Hall–Kier alpha value is -2.28. The van der Waals surface area contributed by atoms with E-state index in [0.29, 0.717) is 12.8 Å². The molecule has 1 aliphatic rings. The molecule has 1 saturated carbocycles. The molecule has 0 atom stereocenters. The van der Waals surface area contributed by atoms with E-state index in [2.05, 4.69) is 10.7 Å². The van der Waals surface area contributed by atoms with Crippen molar-refractivity contribution in [3.63, 3.8) is 0 Å². The number of carbonyl (C=O) groups is 2. The normalized spacial score (nSPS) is 20.2. The molecular weight excluding hydrogens is 310 g/mol. The molecule has 0 heterocycles. The molecule has 0 bridgehead atoms. The van der Waals surface area contributed by atoms with Crippen LogP contribution in [0.4, 0.5) is 9.59 Å². The largest absolute Gasteiger partial charge is 0.464 e. The van der Waals surface area contributed by atoms with E-state index in [-0.39, 0.29) is 24.2 Å². The van der Waals surface area contributed by atoms with Gasteiger partial charge in [-0.25, -0.2) is 14.6 Å². The Kier molecular flexibility index (Phi) is 5.66. The second kappa shape index (κ2) is 7.53. The summed E-state index contributed by atoms with van der Waals surface area (Å²) in [6, 6.07) is 9.54. The minimum Gasteiger partial charge on any atom is -0.464 e. The smallest absolute Gasteiger partial charge is 0.419 e. The van der Waals surface area contributed by atoms with Crippen molar-refractivity contribution in [3.8, 4) is 0 Å². The van der Waals surface area contributed by atoms with Gasteiger partial charge in [0.25, 0.3) is 0 Å². The summed E-state index contributed by atoms with van der Waals surface area (Å²) in [5, 5.41) is 13.5. The Morgan fingerprint density at radius 1 is 1.25 bits per heavy atom. The molecule has 0 unspecified atom stereocenters. The summed E-state index contributed by atoms with van der Waals surface area (Å²) in [6.07, 6.45) is -0.171. The lowest BCUT2D eigenvalue weighted by Crippen LogP contribution is -2.64. The van der Waals surface area contributed by atoms with E-state index in [1.165, 1.54) is 0 Å². The number of amides is 2. The molecule has 0 spiro atoms. The number of carboxylic acid groups (broad SMARTS) is 1. The minimum absolute atomic E-state index is 0.00119. The van der Waals surface area contributed by atoms with Crippen LogP contribution in [-0.2, 0) is 11.3 Å². The third-order valence-corrected chi connectivity index (χ3v) is 3.95. The Balaban J connectivity index is 1.75. The van der Waals surface area contributed by atoms with Gasteiger partial charge in [-0.2, -0.15) is 0 Å². The zero-order valence-corrected chi connectivity index (χ0v) is 14.3. The molecule has 132 valence electrons. The highest BCUT2D eigenvalue weighted by molar-refractivity contribution is 5.67. The molecule has 0 radical (unpaired) electrons. The summed E-state index contributed by atoms with van der Waals surface area (Å²) in [4.78, 5) is 22.8. The lowest BCUT2D eigenvalue weighted by atomic mass is 9.84. The summed E-state index contributed by atoms with van der Waals surface area (Å²) in [5.41, 5.74) is 3.05. The summed E-state index contributed by atoms with van der Waals surface area (Å²) >= 11 is 0. The van der Waals surface area contributed by atoms with Gasteiger partial charge in [0.15, 0.2) is 0 Å². The molecule has 24 heavy (non-hydrogen) atoms. The Morgan fingerprint density at radius 2 is 1.88 bits per heavy atom. The number of ether oxygens (including phenoxy) is 1. The van der Waals surface area contributed by atoms with Crippen LogP contribution >= 0.6 is 0 Å². The number of nitrogens with zero attached hydrogens (tertiary/aromatic N) is 1. The molecule has 1 aliphatic carbocycles. The molecule has 2 rings (SSSR count). The van der Waals surface area contributed by atoms with Gasteiger partial charge in [0.1, 0.15) is 6.61 Å². The number of hydrogen-bond donors (Lipinski definition) is 3.